The monoisotopic (exact) mass is 232 g/mol. The van der Waals surface area contributed by atoms with Crippen LogP contribution in [0.5, 0.6) is 11.5 Å². The number of methoxy groups -OCH3 is 2. The minimum atomic E-state index is -2.81. The second-order valence-electron chi connectivity index (χ2n) is 2.90. The van der Waals surface area contributed by atoms with Gasteiger partial charge in [-0.2, -0.15) is 0 Å². The van der Waals surface area contributed by atoms with E-state index in [0.29, 0.717) is 0 Å². The molecule has 0 unspecified atom stereocenters. The highest BCUT2D eigenvalue weighted by Crippen LogP contribution is 2.34. The largest absolute Gasteiger partial charge is 0.496 e. The van der Waals surface area contributed by atoms with Crippen LogP contribution in [0.15, 0.2) is 12.1 Å². The molecule has 1 aromatic rings. The number of rotatable bonds is 4. The van der Waals surface area contributed by atoms with Gasteiger partial charge < -0.3 is 14.6 Å². The Labute approximate surface area is 90.4 Å². The van der Waals surface area contributed by atoms with E-state index in [4.69, 9.17) is 14.6 Å². The number of aromatic carboxylic acids is 1. The SMILES string of the molecule is COc1cc(OC)c(C(F)F)cc1C(=O)O. The molecule has 1 N–H and O–H groups in total. The molecule has 0 bridgehead atoms. The molecule has 1 aromatic carbocycles. The molecule has 0 amide bonds. The third-order valence-electron chi connectivity index (χ3n) is 2.02. The molecule has 4 nitrogen and oxygen atoms in total. The number of carboxylic acids is 1. The molecule has 1 rings (SSSR count). The Morgan fingerprint density at radius 3 is 2.19 bits per heavy atom. The Morgan fingerprint density at radius 1 is 1.25 bits per heavy atom. The first kappa shape index (κ1) is 12.2. The smallest absolute Gasteiger partial charge is 0.339 e. The van der Waals surface area contributed by atoms with E-state index in [1.54, 1.807) is 0 Å². The van der Waals surface area contributed by atoms with Crippen LogP contribution in [-0.2, 0) is 0 Å². The summed E-state index contributed by atoms with van der Waals surface area (Å²) in [7, 11) is 2.48. The van der Waals surface area contributed by atoms with Gasteiger partial charge in [0.15, 0.2) is 0 Å². The third-order valence-corrected chi connectivity index (χ3v) is 2.02. The molecule has 0 saturated heterocycles. The number of hydrogen-bond donors (Lipinski definition) is 1. The Balaban J connectivity index is 3.40. The predicted molar refractivity (Wildman–Crippen MR) is 51.5 cm³/mol. The van der Waals surface area contributed by atoms with Gasteiger partial charge in [-0.1, -0.05) is 0 Å². The second kappa shape index (κ2) is 4.78. The second-order valence-corrected chi connectivity index (χ2v) is 2.90. The number of benzene rings is 1. The standard InChI is InChI=1S/C10H10F2O4/c1-15-7-4-8(16-2)6(10(13)14)3-5(7)9(11)12/h3-4,9H,1-2H3,(H,13,14). The number of hydrogen-bond acceptors (Lipinski definition) is 3. The van der Waals surface area contributed by atoms with Gasteiger partial charge >= 0.3 is 5.97 Å². The van der Waals surface area contributed by atoms with Crippen molar-refractivity contribution in [2.45, 2.75) is 6.43 Å². The molecule has 16 heavy (non-hydrogen) atoms. The van der Waals surface area contributed by atoms with Crippen LogP contribution in [0, 0.1) is 0 Å². The minimum absolute atomic E-state index is 0.0197. The van der Waals surface area contributed by atoms with Crippen LogP contribution in [0.1, 0.15) is 22.3 Å². The van der Waals surface area contributed by atoms with Crippen molar-refractivity contribution in [2.75, 3.05) is 14.2 Å². The quantitative estimate of drug-likeness (QED) is 0.865. The van der Waals surface area contributed by atoms with Crippen LogP contribution in [0.3, 0.4) is 0 Å². The van der Waals surface area contributed by atoms with Crippen LogP contribution in [0.2, 0.25) is 0 Å². The summed E-state index contributed by atoms with van der Waals surface area (Å²) in [6.45, 7) is 0. The summed E-state index contributed by atoms with van der Waals surface area (Å²) in [5.74, 6) is -1.45. The highest BCUT2D eigenvalue weighted by Gasteiger charge is 2.21. The number of alkyl halides is 2. The molecule has 0 spiro atoms. The van der Waals surface area contributed by atoms with E-state index in [-0.39, 0.29) is 17.1 Å². The van der Waals surface area contributed by atoms with Crippen molar-refractivity contribution in [3.8, 4) is 11.5 Å². The Bertz CT molecular complexity index is 404. The van der Waals surface area contributed by atoms with E-state index in [1.165, 1.54) is 14.2 Å². The summed E-state index contributed by atoms with van der Waals surface area (Å²) in [5, 5.41) is 8.80. The molecule has 0 saturated carbocycles. The highest BCUT2D eigenvalue weighted by atomic mass is 19.3. The average molecular weight is 232 g/mol. The zero-order valence-corrected chi connectivity index (χ0v) is 8.66. The van der Waals surface area contributed by atoms with E-state index < -0.39 is 18.0 Å². The fourth-order valence-electron chi connectivity index (χ4n) is 1.26. The number of ether oxygens (including phenoxy) is 2. The van der Waals surface area contributed by atoms with Crippen LogP contribution in [-0.4, -0.2) is 25.3 Å². The summed E-state index contributed by atoms with van der Waals surface area (Å²) in [6, 6.07) is 1.98. The lowest BCUT2D eigenvalue weighted by atomic mass is 10.1. The topological polar surface area (TPSA) is 55.8 Å². The van der Waals surface area contributed by atoms with Crippen molar-refractivity contribution < 1.29 is 28.2 Å². The van der Waals surface area contributed by atoms with Gasteiger partial charge in [0.25, 0.3) is 6.43 Å². The summed E-state index contributed by atoms with van der Waals surface area (Å²) in [5.41, 5.74) is -0.792. The van der Waals surface area contributed by atoms with E-state index in [1.807, 2.05) is 0 Å². The van der Waals surface area contributed by atoms with Gasteiger partial charge in [-0.05, 0) is 6.07 Å². The summed E-state index contributed by atoms with van der Waals surface area (Å²) >= 11 is 0. The van der Waals surface area contributed by atoms with Gasteiger partial charge in [0.05, 0.1) is 19.8 Å². The first-order valence-electron chi connectivity index (χ1n) is 4.28. The lowest BCUT2D eigenvalue weighted by Crippen LogP contribution is -2.04. The minimum Gasteiger partial charge on any atom is -0.496 e. The van der Waals surface area contributed by atoms with Crippen molar-refractivity contribution in [2.24, 2.45) is 0 Å². The molecule has 0 radical (unpaired) electrons. The van der Waals surface area contributed by atoms with Crippen molar-refractivity contribution in [3.63, 3.8) is 0 Å². The molecule has 0 heterocycles. The number of halogens is 2. The van der Waals surface area contributed by atoms with Gasteiger partial charge in [-0.3, -0.25) is 0 Å². The zero-order valence-electron chi connectivity index (χ0n) is 8.66. The van der Waals surface area contributed by atoms with Crippen molar-refractivity contribution >= 4 is 5.97 Å². The summed E-state index contributed by atoms with van der Waals surface area (Å²) < 4.78 is 34.7. The fraction of sp³-hybridized carbons (Fsp3) is 0.300. The van der Waals surface area contributed by atoms with Crippen molar-refractivity contribution in [1.29, 1.82) is 0 Å². The van der Waals surface area contributed by atoms with Crippen molar-refractivity contribution in [1.82, 2.24) is 0 Å². The molecule has 0 aromatic heterocycles. The molecule has 0 aliphatic carbocycles. The lowest BCUT2D eigenvalue weighted by Gasteiger charge is -2.12. The van der Waals surface area contributed by atoms with E-state index in [2.05, 4.69) is 0 Å². The van der Waals surface area contributed by atoms with Crippen LogP contribution in [0.4, 0.5) is 8.78 Å². The maximum atomic E-state index is 12.6. The normalized spacial score (nSPS) is 10.3. The molecule has 0 fully saturated rings. The van der Waals surface area contributed by atoms with Crippen molar-refractivity contribution in [3.05, 3.63) is 23.3 Å². The molecular weight excluding hydrogens is 222 g/mol. The maximum Gasteiger partial charge on any atom is 0.339 e. The third kappa shape index (κ3) is 2.21. The Hall–Kier alpha value is -1.85. The summed E-state index contributed by atoms with van der Waals surface area (Å²) in [4.78, 5) is 10.8. The van der Waals surface area contributed by atoms with Gasteiger partial charge in [-0.25, -0.2) is 13.6 Å². The zero-order chi connectivity index (χ0) is 12.3. The average Bonchev–Trinajstić information content (AvgIpc) is 2.26. The molecule has 0 atom stereocenters. The van der Waals surface area contributed by atoms with Crippen LogP contribution < -0.4 is 9.47 Å². The maximum absolute atomic E-state index is 12.6. The number of carboxylic acid groups (broad SMARTS) is 1. The molecular formula is C10H10F2O4. The predicted octanol–water partition coefficient (Wildman–Crippen LogP) is 2.34. The Morgan fingerprint density at radius 2 is 1.81 bits per heavy atom. The van der Waals surface area contributed by atoms with Crippen LogP contribution >= 0.6 is 0 Å². The first-order valence-corrected chi connectivity index (χ1v) is 4.28. The lowest BCUT2D eigenvalue weighted by molar-refractivity contribution is 0.0692. The highest BCUT2D eigenvalue weighted by molar-refractivity contribution is 5.91. The van der Waals surface area contributed by atoms with Gasteiger partial charge in [0.2, 0.25) is 0 Å². The molecule has 6 heteroatoms. The molecule has 0 aliphatic rings. The summed E-state index contributed by atoms with van der Waals surface area (Å²) in [6.07, 6.45) is -2.81. The number of carbonyl (C=O) groups is 1. The van der Waals surface area contributed by atoms with Gasteiger partial charge in [0, 0.05) is 6.07 Å². The van der Waals surface area contributed by atoms with Gasteiger partial charge in [0.1, 0.15) is 17.1 Å². The first-order chi connectivity index (χ1) is 7.51. The van der Waals surface area contributed by atoms with E-state index >= 15 is 0 Å². The Kier molecular flexibility index (Phi) is 3.65. The molecule has 0 aliphatic heterocycles. The van der Waals surface area contributed by atoms with E-state index in [9.17, 15) is 13.6 Å². The van der Waals surface area contributed by atoms with Crippen LogP contribution in [0.25, 0.3) is 0 Å². The van der Waals surface area contributed by atoms with E-state index in [0.717, 1.165) is 12.1 Å². The molecule has 88 valence electrons. The fourth-order valence-corrected chi connectivity index (χ4v) is 1.26. The van der Waals surface area contributed by atoms with Gasteiger partial charge in [-0.15, -0.1) is 0 Å².